The molecule has 89 heavy (non-hydrogen) atoms. The van der Waals surface area contributed by atoms with E-state index in [1.54, 1.807) is 0 Å². The number of rotatable bonds is 12. The van der Waals surface area contributed by atoms with E-state index in [0.717, 1.165) is 61.2 Å². The van der Waals surface area contributed by atoms with Crippen LogP contribution in [0, 0.1) is 0 Å². The molecule has 0 aliphatic carbocycles. The highest BCUT2D eigenvalue weighted by Crippen LogP contribution is 2.46. The summed E-state index contributed by atoms with van der Waals surface area (Å²) in [6.07, 6.45) is 0. The normalized spacial score (nSPS) is 11.5. The lowest BCUT2D eigenvalue weighted by Gasteiger charge is -2.24. The van der Waals surface area contributed by atoms with E-state index in [1.807, 2.05) is 0 Å². The summed E-state index contributed by atoms with van der Waals surface area (Å²) in [5.74, 6) is 0. The van der Waals surface area contributed by atoms with E-state index < -0.39 is 0 Å². The number of para-hydroxylation sites is 1. The predicted octanol–water partition coefficient (Wildman–Crippen LogP) is 24.4. The molecule has 0 amide bonds. The molecule has 0 fully saturated rings. The molecule has 0 aliphatic rings. The number of hydrogen-bond donors (Lipinski definition) is 0. The molecule has 15 rings (SSSR count). The summed E-state index contributed by atoms with van der Waals surface area (Å²) in [5, 5.41) is 2.36. The number of hydrogen-bond acceptors (Lipinski definition) is 0. The van der Waals surface area contributed by atoms with Crippen molar-refractivity contribution in [3.63, 3.8) is 0 Å². The van der Waals surface area contributed by atoms with Gasteiger partial charge in [0, 0.05) is 16.3 Å². The van der Waals surface area contributed by atoms with Crippen LogP contribution in [0.4, 0.5) is 0 Å². The number of aromatic nitrogens is 1. The van der Waals surface area contributed by atoms with Crippen molar-refractivity contribution in [1.82, 2.24) is 4.57 Å². The highest BCUT2D eigenvalue weighted by atomic mass is 15.0. The molecular formula is C88H65N. The lowest BCUT2D eigenvalue weighted by atomic mass is 9.81. The quantitative estimate of drug-likeness (QED) is 0.115. The standard InChI is InChI=1S/C88H65N/c1-88(2,3)84-46-26-24-44-80(84)81-45-25-27-47-85(81)89-86-50-48-64(66-52-68(76-40-20-16-36-72(76)60-28-8-4-9-29-60)56-69(53-66)77-41-21-17-37-73(77)61-30-10-5-11-31-61)58-82(86)83-59-65(49-51-87(83)89)67-54-70(78-42-22-18-38-74(78)62-32-12-6-13-33-62)57-71(55-67)79-43-23-19-39-75(79)63-34-14-7-15-35-63/h4-59H,1-3H3. The summed E-state index contributed by atoms with van der Waals surface area (Å²) in [7, 11) is 0. The molecule has 0 unspecified atom stereocenters. The monoisotopic (exact) mass is 1140 g/mol. The van der Waals surface area contributed by atoms with Gasteiger partial charge in [0.15, 0.2) is 0 Å². The van der Waals surface area contributed by atoms with Crippen molar-refractivity contribution in [2.45, 2.75) is 26.2 Å². The second kappa shape index (κ2) is 23.3. The molecule has 0 atom stereocenters. The van der Waals surface area contributed by atoms with Crippen LogP contribution < -0.4 is 0 Å². The van der Waals surface area contributed by atoms with Gasteiger partial charge in [0.2, 0.25) is 0 Å². The van der Waals surface area contributed by atoms with E-state index in [2.05, 4.69) is 365 Å². The first-order valence-electron chi connectivity index (χ1n) is 31.0. The van der Waals surface area contributed by atoms with Crippen LogP contribution in [0.25, 0.3) is 150 Å². The van der Waals surface area contributed by atoms with Crippen LogP contribution >= 0.6 is 0 Å². The molecule has 1 nitrogen and oxygen atoms in total. The third kappa shape index (κ3) is 10.5. The Kier molecular flexibility index (Phi) is 14.3. The molecule has 15 aromatic rings. The molecule has 0 saturated heterocycles. The Bertz CT molecular complexity index is 4610. The van der Waals surface area contributed by atoms with Crippen LogP contribution in [0.3, 0.4) is 0 Å². The van der Waals surface area contributed by atoms with Crippen LogP contribution in [-0.2, 0) is 5.41 Å². The van der Waals surface area contributed by atoms with Gasteiger partial charge in [-0.2, -0.15) is 0 Å². The fourth-order valence-corrected chi connectivity index (χ4v) is 13.5. The summed E-state index contributed by atoms with van der Waals surface area (Å²) >= 11 is 0. The third-order valence-corrected chi connectivity index (χ3v) is 17.8. The van der Waals surface area contributed by atoms with Gasteiger partial charge in [0.1, 0.15) is 0 Å². The van der Waals surface area contributed by atoms with Gasteiger partial charge in [-0.05, 0) is 195 Å². The van der Waals surface area contributed by atoms with Crippen LogP contribution in [0.2, 0.25) is 0 Å². The number of fused-ring (bicyclic) bond motifs is 3. The maximum Gasteiger partial charge on any atom is 0.0541 e. The average molecular weight is 1140 g/mol. The van der Waals surface area contributed by atoms with Gasteiger partial charge in [-0.25, -0.2) is 0 Å². The Labute approximate surface area is 522 Å². The highest BCUT2D eigenvalue weighted by molar-refractivity contribution is 6.13. The molecule has 1 aromatic heterocycles. The molecule has 1 heterocycles. The Morgan fingerprint density at radius 1 is 0.191 bits per heavy atom. The zero-order chi connectivity index (χ0) is 59.8. The molecule has 0 bridgehead atoms. The molecule has 0 N–H and O–H groups in total. The molecule has 14 aromatic carbocycles. The summed E-state index contributed by atoms with van der Waals surface area (Å²) in [6.45, 7) is 6.96. The Morgan fingerprint density at radius 3 is 0.775 bits per heavy atom. The molecular weight excluding hydrogens is 1070 g/mol. The Hall–Kier alpha value is -11.1. The minimum atomic E-state index is -0.0818. The van der Waals surface area contributed by atoms with Crippen molar-refractivity contribution in [2.75, 3.05) is 0 Å². The van der Waals surface area contributed by atoms with E-state index in [-0.39, 0.29) is 5.41 Å². The van der Waals surface area contributed by atoms with Gasteiger partial charge in [-0.3, -0.25) is 0 Å². The van der Waals surface area contributed by atoms with Gasteiger partial charge >= 0.3 is 0 Å². The van der Waals surface area contributed by atoms with Gasteiger partial charge in [-0.15, -0.1) is 0 Å². The number of benzene rings is 14. The van der Waals surface area contributed by atoms with E-state index in [1.165, 1.54) is 94.2 Å². The van der Waals surface area contributed by atoms with Gasteiger partial charge in [0.05, 0.1) is 16.7 Å². The number of nitrogens with zero attached hydrogens (tertiary/aromatic N) is 1. The molecule has 0 saturated carbocycles. The SMILES string of the molecule is CC(C)(C)c1ccccc1-c1ccccc1-n1c2ccc(-c3cc(-c4ccccc4-c4ccccc4)cc(-c4ccccc4-c4ccccc4)c3)cc2c2cc(-c3cc(-c4ccccc4-c4ccccc4)cc(-c4ccccc4-c4ccccc4)c3)ccc21. The Balaban J connectivity index is 0.990. The second-order valence-electron chi connectivity index (χ2n) is 24.4. The average Bonchev–Trinajstić information content (AvgIpc) is 1.85. The predicted molar refractivity (Wildman–Crippen MR) is 379 cm³/mol. The zero-order valence-corrected chi connectivity index (χ0v) is 50.3. The van der Waals surface area contributed by atoms with E-state index in [9.17, 15) is 0 Å². The largest absolute Gasteiger partial charge is 0.309 e. The molecule has 0 aliphatic heterocycles. The topological polar surface area (TPSA) is 4.93 Å². The van der Waals surface area contributed by atoms with Crippen LogP contribution in [0.1, 0.15) is 26.3 Å². The minimum absolute atomic E-state index is 0.0818. The summed E-state index contributed by atoms with van der Waals surface area (Å²) < 4.78 is 2.52. The second-order valence-corrected chi connectivity index (χ2v) is 24.4. The van der Waals surface area contributed by atoms with E-state index in [0.29, 0.717) is 0 Å². The summed E-state index contributed by atoms with van der Waals surface area (Å²) in [5.41, 5.74) is 30.6. The van der Waals surface area contributed by atoms with Gasteiger partial charge in [0.25, 0.3) is 0 Å². The maximum absolute atomic E-state index is 2.52. The fourth-order valence-electron chi connectivity index (χ4n) is 13.5. The van der Waals surface area contributed by atoms with Crippen LogP contribution in [0.15, 0.2) is 340 Å². The third-order valence-electron chi connectivity index (χ3n) is 17.8. The van der Waals surface area contributed by atoms with Gasteiger partial charge < -0.3 is 4.57 Å². The summed E-state index contributed by atoms with van der Waals surface area (Å²) in [4.78, 5) is 0. The fraction of sp³-hybridized carbons (Fsp3) is 0.0455. The first kappa shape index (κ1) is 54.5. The van der Waals surface area contributed by atoms with Crippen molar-refractivity contribution >= 4 is 21.8 Å². The van der Waals surface area contributed by atoms with Crippen molar-refractivity contribution in [3.8, 4) is 128 Å². The smallest absolute Gasteiger partial charge is 0.0541 e. The van der Waals surface area contributed by atoms with Crippen molar-refractivity contribution < 1.29 is 0 Å². The maximum atomic E-state index is 2.52. The first-order chi connectivity index (χ1) is 43.8. The molecule has 0 spiro atoms. The van der Waals surface area contributed by atoms with Crippen molar-refractivity contribution in [3.05, 3.63) is 345 Å². The molecule has 0 radical (unpaired) electrons. The first-order valence-corrected chi connectivity index (χ1v) is 31.0. The Morgan fingerprint density at radius 2 is 0.449 bits per heavy atom. The highest BCUT2D eigenvalue weighted by Gasteiger charge is 2.24. The lowest BCUT2D eigenvalue weighted by Crippen LogP contribution is -2.13. The lowest BCUT2D eigenvalue weighted by molar-refractivity contribution is 0.592. The van der Waals surface area contributed by atoms with Crippen LogP contribution in [0.5, 0.6) is 0 Å². The van der Waals surface area contributed by atoms with Crippen molar-refractivity contribution in [2.24, 2.45) is 0 Å². The van der Waals surface area contributed by atoms with Gasteiger partial charge in [-0.1, -0.05) is 294 Å². The van der Waals surface area contributed by atoms with E-state index in [4.69, 9.17) is 0 Å². The summed E-state index contributed by atoms with van der Waals surface area (Å²) in [6, 6.07) is 125. The molecule has 422 valence electrons. The van der Waals surface area contributed by atoms with E-state index >= 15 is 0 Å². The zero-order valence-electron chi connectivity index (χ0n) is 50.3. The minimum Gasteiger partial charge on any atom is -0.309 e. The van der Waals surface area contributed by atoms with Crippen molar-refractivity contribution in [1.29, 1.82) is 0 Å². The molecule has 1 heteroatoms. The van der Waals surface area contributed by atoms with Crippen LogP contribution in [-0.4, -0.2) is 4.57 Å².